The van der Waals surface area contributed by atoms with Gasteiger partial charge in [0.1, 0.15) is 68.1 Å². The highest BCUT2D eigenvalue weighted by Crippen LogP contribution is 2.47. The second-order valence-corrected chi connectivity index (χ2v) is 25.4. The fourth-order valence-electron chi connectivity index (χ4n) is 10.9. The molecule has 0 atom stereocenters. The lowest BCUT2D eigenvalue weighted by atomic mass is 9.85. The summed E-state index contributed by atoms with van der Waals surface area (Å²) in [7, 11) is 0. The van der Waals surface area contributed by atoms with Crippen LogP contribution in [0.25, 0.3) is 66.9 Å². The zero-order valence-corrected chi connectivity index (χ0v) is 55.0. The lowest BCUT2D eigenvalue weighted by Crippen LogP contribution is -2.26. The number of rotatable bonds is 6. The summed E-state index contributed by atoms with van der Waals surface area (Å²) in [6.07, 6.45) is -2.54. The van der Waals surface area contributed by atoms with Gasteiger partial charge in [0.05, 0.1) is 16.7 Å². The number of furan rings is 3. The van der Waals surface area contributed by atoms with Gasteiger partial charge in [-0.05, 0) is 210 Å². The van der Waals surface area contributed by atoms with E-state index in [-0.39, 0.29) is 17.2 Å². The molecule has 0 saturated heterocycles. The van der Waals surface area contributed by atoms with Crippen LogP contribution in [0.5, 0.6) is 17.2 Å². The van der Waals surface area contributed by atoms with Gasteiger partial charge < -0.3 is 41.7 Å². The highest BCUT2D eigenvalue weighted by Gasteiger charge is 2.27. The predicted molar refractivity (Wildman–Crippen MR) is 365 cm³/mol. The zero-order chi connectivity index (χ0) is 66.5. The molecular weight excluding hydrogens is 1160 g/mol. The van der Waals surface area contributed by atoms with Crippen molar-refractivity contribution < 1.29 is 56.1 Å². The van der Waals surface area contributed by atoms with Gasteiger partial charge in [-0.1, -0.05) is 127 Å². The monoisotopic (exact) mass is 1240 g/mol. The van der Waals surface area contributed by atoms with E-state index in [1.165, 1.54) is 0 Å². The fourth-order valence-corrected chi connectivity index (χ4v) is 10.9. The highest BCUT2D eigenvalue weighted by molar-refractivity contribution is 5.95. The third kappa shape index (κ3) is 15.4. The Morgan fingerprint density at radius 1 is 0.312 bits per heavy atom. The third-order valence-electron chi connectivity index (χ3n) is 14.9. The molecule has 0 amide bonds. The van der Waals surface area contributed by atoms with Gasteiger partial charge in [-0.15, -0.1) is 0 Å². The largest absolute Gasteiger partial charge is 0.514 e. The molecule has 0 aliphatic carbocycles. The van der Waals surface area contributed by atoms with Crippen molar-refractivity contribution >= 4 is 51.4 Å². The van der Waals surface area contributed by atoms with Crippen LogP contribution in [0.2, 0.25) is 0 Å². The average Bonchev–Trinajstić information content (AvgIpc) is 1.69. The summed E-state index contributed by atoms with van der Waals surface area (Å²) in [4.78, 5) is 37.7. The smallest absolute Gasteiger partial charge is 0.456 e. The van der Waals surface area contributed by atoms with Crippen molar-refractivity contribution in [3.8, 4) is 86.7 Å². The van der Waals surface area contributed by atoms with Gasteiger partial charge in [-0.25, -0.2) is 14.4 Å². The van der Waals surface area contributed by atoms with Gasteiger partial charge in [-0.3, -0.25) is 0 Å². The molecule has 0 N–H and O–H groups in total. The molecule has 12 heteroatoms. The molecule has 0 saturated carbocycles. The number of para-hydroxylation sites is 6. The summed E-state index contributed by atoms with van der Waals surface area (Å²) in [5, 5.41) is 3.26. The molecule has 0 bridgehead atoms. The molecule has 3 heterocycles. The van der Waals surface area contributed by atoms with Crippen molar-refractivity contribution in [2.75, 3.05) is 0 Å². The number of hydrogen-bond donors (Lipinski definition) is 0. The third-order valence-corrected chi connectivity index (χ3v) is 14.9. The Balaban J connectivity index is 0.000000223. The predicted octanol–water partition coefficient (Wildman–Crippen LogP) is 20.6. The molecule has 0 aliphatic rings. The van der Waals surface area contributed by atoms with Crippen LogP contribution in [0.15, 0.2) is 177 Å². The van der Waals surface area contributed by atoms with E-state index in [0.717, 1.165) is 100 Å². The van der Waals surface area contributed by atoms with Gasteiger partial charge in [-0.2, -0.15) is 0 Å². The van der Waals surface area contributed by atoms with E-state index in [1.807, 2.05) is 75.4 Å². The molecule has 93 heavy (non-hydrogen) atoms. The van der Waals surface area contributed by atoms with Crippen molar-refractivity contribution in [2.24, 2.45) is 0 Å². The molecule has 0 fully saturated rings. The lowest BCUT2D eigenvalue weighted by Gasteiger charge is -2.19. The standard InChI is InChI=1S/C48H48O9.C33H24O3/c1-31-37(28-25-34-19-13-16-22-40(34)52-43(49)55-46(4,5)6)32(2)39(30-27-36-21-15-18-24-42(36)54-45(51)57-48(10,11)12)33(3)38(31)29-26-35-20-14-17-23-41(35)53-44(50)56-47(7,8)9;1-19-31(28-16-22-10-4-7-13-25(22)34-28)20(2)33(30-18-24-12-6-9-15-27(24)36-30)21(3)32(19)29-17-23-11-5-8-14-26(23)35-29/h13-24H,1-12H3;4-18H,1-3H3. The van der Waals surface area contributed by atoms with Crippen LogP contribution in [0.4, 0.5) is 14.4 Å². The van der Waals surface area contributed by atoms with Crippen LogP contribution in [-0.4, -0.2) is 35.3 Å². The van der Waals surface area contributed by atoms with E-state index in [0.29, 0.717) is 33.4 Å². The van der Waals surface area contributed by atoms with E-state index < -0.39 is 35.3 Å². The molecule has 3 aromatic heterocycles. The zero-order valence-electron chi connectivity index (χ0n) is 55.0. The van der Waals surface area contributed by atoms with Crippen LogP contribution in [0, 0.1) is 77.1 Å². The van der Waals surface area contributed by atoms with Gasteiger partial charge in [0, 0.05) is 49.5 Å². The Hall–Kier alpha value is -11.1. The normalized spacial score (nSPS) is 11.3. The Bertz CT molecular complexity index is 4280. The molecule has 11 rings (SSSR count). The topological polar surface area (TPSA) is 146 Å². The molecule has 0 unspecified atom stereocenters. The van der Waals surface area contributed by atoms with E-state index in [9.17, 15) is 14.4 Å². The Morgan fingerprint density at radius 2 is 0.548 bits per heavy atom. The summed E-state index contributed by atoms with van der Waals surface area (Å²) in [5.41, 5.74) is 12.7. The maximum atomic E-state index is 12.6. The first-order chi connectivity index (χ1) is 44.2. The van der Waals surface area contributed by atoms with E-state index in [1.54, 1.807) is 135 Å². The Kier molecular flexibility index (Phi) is 18.7. The second-order valence-electron chi connectivity index (χ2n) is 25.4. The van der Waals surface area contributed by atoms with Crippen LogP contribution >= 0.6 is 0 Å². The minimum atomic E-state index is -0.846. The average molecular weight is 1240 g/mol. The van der Waals surface area contributed by atoms with Gasteiger partial charge in [0.25, 0.3) is 0 Å². The molecule has 0 radical (unpaired) electrons. The van der Waals surface area contributed by atoms with Crippen molar-refractivity contribution in [3.05, 3.63) is 231 Å². The van der Waals surface area contributed by atoms with Crippen molar-refractivity contribution in [1.82, 2.24) is 0 Å². The Labute approximate surface area is 542 Å². The molecule has 11 aromatic rings. The Morgan fingerprint density at radius 3 is 0.796 bits per heavy atom. The SMILES string of the molecule is Cc1c(-c2cc3ccccc3o2)c(C)c(-c2cc3ccccc3o2)c(C)c1-c1cc2ccccc2o1.Cc1c(C#Cc2ccccc2OC(=O)OC(C)(C)C)c(C)c(C#Cc2ccccc2OC(=O)OC(C)(C)C)c(C)c1C#Cc1ccccc1OC(=O)OC(C)(C)C. The molecule has 0 aliphatic heterocycles. The lowest BCUT2D eigenvalue weighted by molar-refractivity contribution is 0.0192. The minimum Gasteiger partial charge on any atom is -0.456 e. The summed E-state index contributed by atoms with van der Waals surface area (Å²) in [6, 6.07) is 51.6. The molecule has 468 valence electrons. The van der Waals surface area contributed by atoms with E-state index >= 15 is 0 Å². The first kappa shape index (κ1) is 64.8. The number of carbonyl (C=O) groups excluding carboxylic acids is 3. The van der Waals surface area contributed by atoms with E-state index in [4.69, 9.17) is 41.7 Å². The summed E-state index contributed by atoms with van der Waals surface area (Å²) >= 11 is 0. The van der Waals surface area contributed by atoms with Crippen LogP contribution in [0.3, 0.4) is 0 Å². The second kappa shape index (κ2) is 26.8. The van der Waals surface area contributed by atoms with E-state index in [2.05, 4.69) is 92.7 Å². The maximum absolute atomic E-state index is 12.6. The van der Waals surface area contributed by atoms with Gasteiger partial charge >= 0.3 is 18.5 Å². The first-order valence-corrected chi connectivity index (χ1v) is 30.5. The summed E-state index contributed by atoms with van der Waals surface area (Å²) in [5.74, 6) is 22.7. The number of benzene rings is 8. The fraction of sp³-hybridized carbons (Fsp3) is 0.222. The molecular formula is C81H72O12. The minimum absolute atomic E-state index is 0.241. The van der Waals surface area contributed by atoms with Crippen molar-refractivity contribution in [3.63, 3.8) is 0 Å². The van der Waals surface area contributed by atoms with Crippen LogP contribution < -0.4 is 14.2 Å². The quantitative estimate of drug-likeness (QED) is 0.0676. The molecule has 0 spiro atoms. The number of hydrogen-bond acceptors (Lipinski definition) is 12. The highest BCUT2D eigenvalue weighted by atomic mass is 16.7. The first-order valence-electron chi connectivity index (χ1n) is 30.5. The van der Waals surface area contributed by atoms with Gasteiger partial charge in [0.2, 0.25) is 0 Å². The van der Waals surface area contributed by atoms with Crippen molar-refractivity contribution in [1.29, 1.82) is 0 Å². The molecule has 8 aromatic carbocycles. The summed E-state index contributed by atoms with van der Waals surface area (Å²) < 4.78 is 51.9. The number of fused-ring (bicyclic) bond motifs is 3. The van der Waals surface area contributed by atoms with Crippen molar-refractivity contribution in [2.45, 2.75) is 121 Å². The van der Waals surface area contributed by atoms with Crippen LogP contribution in [0.1, 0.15) is 129 Å². The molecule has 12 nitrogen and oxygen atoms in total. The van der Waals surface area contributed by atoms with Crippen LogP contribution in [-0.2, 0) is 14.2 Å². The number of ether oxygens (including phenoxy) is 6. The maximum Gasteiger partial charge on any atom is 0.514 e. The number of carbonyl (C=O) groups is 3. The van der Waals surface area contributed by atoms with Gasteiger partial charge in [0.15, 0.2) is 0 Å². The summed E-state index contributed by atoms with van der Waals surface area (Å²) in [6.45, 7) is 28.0.